The van der Waals surface area contributed by atoms with Gasteiger partial charge in [-0.15, -0.1) is 0 Å². The first-order valence-corrected chi connectivity index (χ1v) is 7.25. The van der Waals surface area contributed by atoms with Crippen LogP contribution in [-0.4, -0.2) is 52.9 Å². The third-order valence-electron chi connectivity index (χ3n) is 3.47. The largest absolute Gasteiger partial charge is 0.378 e. The third kappa shape index (κ3) is 2.88. The molecule has 0 spiro atoms. The van der Waals surface area contributed by atoms with E-state index in [9.17, 15) is 9.59 Å². The first-order chi connectivity index (χ1) is 10.7. The number of aromatic amines is 1. The Labute approximate surface area is 132 Å². The second-order valence-corrected chi connectivity index (χ2v) is 5.30. The molecule has 1 aliphatic rings. The molecule has 1 saturated heterocycles. The van der Waals surface area contributed by atoms with Gasteiger partial charge in [0.2, 0.25) is 5.78 Å². The summed E-state index contributed by atoms with van der Waals surface area (Å²) in [6.45, 7) is 2.02. The summed E-state index contributed by atoms with van der Waals surface area (Å²) in [5.74, 6) is -0.378. The van der Waals surface area contributed by atoms with Gasteiger partial charge in [-0.2, -0.15) is 0 Å². The number of nitrogens with one attached hydrogen (secondary N) is 1. The van der Waals surface area contributed by atoms with E-state index in [1.54, 1.807) is 23.2 Å². The van der Waals surface area contributed by atoms with E-state index in [1.807, 2.05) is 0 Å². The number of amides is 1. The minimum atomic E-state index is -0.357. The number of morpholine rings is 1. The zero-order valence-corrected chi connectivity index (χ0v) is 12.5. The normalized spacial score (nSPS) is 14.9. The average Bonchev–Trinajstić information content (AvgIpc) is 3.09. The van der Waals surface area contributed by atoms with E-state index in [4.69, 9.17) is 16.3 Å². The Morgan fingerprint density at radius 1 is 1.23 bits per heavy atom. The fourth-order valence-electron chi connectivity index (χ4n) is 2.34. The van der Waals surface area contributed by atoms with Gasteiger partial charge in [0.15, 0.2) is 5.82 Å². The lowest BCUT2D eigenvalue weighted by Crippen LogP contribution is -2.41. The van der Waals surface area contributed by atoms with E-state index in [0.29, 0.717) is 36.9 Å². The van der Waals surface area contributed by atoms with Crippen molar-refractivity contribution >= 4 is 23.3 Å². The molecule has 0 unspecified atom stereocenters. The van der Waals surface area contributed by atoms with Gasteiger partial charge in [0, 0.05) is 36.1 Å². The molecule has 7 heteroatoms. The maximum absolute atomic E-state index is 12.7. The predicted molar refractivity (Wildman–Crippen MR) is 80.2 cm³/mol. The number of H-pyrrole nitrogens is 1. The molecule has 22 heavy (non-hydrogen) atoms. The molecular formula is C15H14ClN3O3. The summed E-state index contributed by atoms with van der Waals surface area (Å²) in [5, 5.41) is 0.397. The van der Waals surface area contributed by atoms with Crippen molar-refractivity contribution in [1.82, 2.24) is 14.9 Å². The number of aromatic nitrogens is 2. The number of carbonyl (C=O) groups excluding carboxylic acids is 2. The Balaban J connectivity index is 1.97. The monoisotopic (exact) mass is 319 g/mol. The number of halogens is 1. The van der Waals surface area contributed by atoms with E-state index >= 15 is 0 Å². The van der Waals surface area contributed by atoms with Gasteiger partial charge >= 0.3 is 0 Å². The molecule has 1 N–H and O–H groups in total. The van der Waals surface area contributed by atoms with Crippen LogP contribution in [-0.2, 0) is 4.74 Å². The number of ether oxygens (including phenoxy) is 1. The number of hydrogen-bond donors (Lipinski definition) is 1. The second-order valence-electron chi connectivity index (χ2n) is 4.86. The fourth-order valence-corrected chi connectivity index (χ4v) is 2.52. The minimum absolute atomic E-state index is 0.179. The SMILES string of the molecule is O=C(c1ncc[nH]1)c1cc(Cl)ccc1C(=O)N1CCOCC1. The molecular weight excluding hydrogens is 306 g/mol. The Hall–Kier alpha value is -2.18. The average molecular weight is 320 g/mol. The van der Waals surface area contributed by atoms with Crippen molar-refractivity contribution in [2.45, 2.75) is 0 Å². The highest BCUT2D eigenvalue weighted by atomic mass is 35.5. The molecule has 3 rings (SSSR count). The molecule has 0 bridgehead atoms. The van der Waals surface area contributed by atoms with Crippen molar-refractivity contribution in [3.05, 3.63) is 52.6 Å². The van der Waals surface area contributed by atoms with Gasteiger partial charge in [-0.1, -0.05) is 11.6 Å². The molecule has 6 nitrogen and oxygen atoms in total. The van der Waals surface area contributed by atoms with E-state index in [0.717, 1.165) is 0 Å². The van der Waals surface area contributed by atoms with Gasteiger partial charge in [0.05, 0.1) is 18.8 Å². The van der Waals surface area contributed by atoms with Crippen LogP contribution in [0.3, 0.4) is 0 Å². The van der Waals surface area contributed by atoms with Crippen LogP contribution in [0.4, 0.5) is 0 Å². The maximum Gasteiger partial charge on any atom is 0.254 e. The van der Waals surface area contributed by atoms with E-state index in [-0.39, 0.29) is 23.1 Å². The molecule has 114 valence electrons. The summed E-state index contributed by atoms with van der Waals surface area (Å²) in [4.78, 5) is 33.5. The number of rotatable bonds is 3. The number of nitrogens with zero attached hydrogens (tertiary/aromatic N) is 2. The zero-order chi connectivity index (χ0) is 15.5. The first kappa shape index (κ1) is 14.7. The highest BCUT2D eigenvalue weighted by molar-refractivity contribution is 6.31. The molecule has 1 aromatic heterocycles. The van der Waals surface area contributed by atoms with Crippen molar-refractivity contribution in [3.63, 3.8) is 0 Å². The van der Waals surface area contributed by atoms with Crippen molar-refractivity contribution in [3.8, 4) is 0 Å². The molecule has 2 heterocycles. The molecule has 2 aromatic rings. The van der Waals surface area contributed by atoms with Crippen molar-refractivity contribution < 1.29 is 14.3 Å². The number of ketones is 1. The van der Waals surface area contributed by atoms with Crippen LogP contribution in [0.25, 0.3) is 0 Å². The van der Waals surface area contributed by atoms with Gasteiger partial charge in [-0.25, -0.2) is 4.98 Å². The first-order valence-electron chi connectivity index (χ1n) is 6.87. The minimum Gasteiger partial charge on any atom is -0.378 e. The molecule has 0 atom stereocenters. The lowest BCUT2D eigenvalue weighted by molar-refractivity contribution is 0.0302. The Kier molecular flexibility index (Phi) is 4.22. The molecule has 0 saturated carbocycles. The molecule has 0 aliphatic carbocycles. The van der Waals surface area contributed by atoms with Crippen molar-refractivity contribution in [2.75, 3.05) is 26.3 Å². The van der Waals surface area contributed by atoms with Gasteiger partial charge in [0.1, 0.15) is 0 Å². The standard InChI is InChI=1S/C15H14ClN3O3/c16-10-1-2-11(15(21)19-5-7-22-8-6-19)12(9-10)13(20)14-17-3-4-18-14/h1-4,9H,5-8H2,(H,17,18). The zero-order valence-electron chi connectivity index (χ0n) is 11.7. The smallest absolute Gasteiger partial charge is 0.254 e. The maximum atomic E-state index is 12.7. The Bertz CT molecular complexity index is 694. The van der Waals surface area contributed by atoms with Gasteiger partial charge in [-0.05, 0) is 18.2 Å². The summed E-state index contributed by atoms with van der Waals surface area (Å²) < 4.78 is 5.24. The lowest BCUT2D eigenvalue weighted by Gasteiger charge is -2.27. The van der Waals surface area contributed by atoms with Crippen molar-refractivity contribution in [1.29, 1.82) is 0 Å². The third-order valence-corrected chi connectivity index (χ3v) is 3.70. The topological polar surface area (TPSA) is 75.3 Å². The Morgan fingerprint density at radius 2 is 2.00 bits per heavy atom. The van der Waals surface area contributed by atoms with Crippen LogP contribution >= 0.6 is 11.6 Å². The molecule has 1 aromatic carbocycles. The van der Waals surface area contributed by atoms with Crippen molar-refractivity contribution in [2.24, 2.45) is 0 Å². The number of hydrogen-bond acceptors (Lipinski definition) is 4. The number of imidazole rings is 1. The highest BCUT2D eigenvalue weighted by Gasteiger charge is 2.25. The number of carbonyl (C=O) groups is 2. The van der Waals surface area contributed by atoms with Gasteiger partial charge in [0.25, 0.3) is 5.91 Å². The van der Waals surface area contributed by atoms with E-state index < -0.39 is 0 Å². The van der Waals surface area contributed by atoms with Crippen LogP contribution in [0.15, 0.2) is 30.6 Å². The fraction of sp³-hybridized carbons (Fsp3) is 0.267. The van der Waals surface area contributed by atoms with Crippen LogP contribution < -0.4 is 0 Å². The predicted octanol–water partition coefficient (Wildman–Crippen LogP) is 1.77. The quantitative estimate of drug-likeness (QED) is 0.875. The van der Waals surface area contributed by atoms with Crippen LogP contribution in [0, 0.1) is 0 Å². The number of benzene rings is 1. The summed E-state index contributed by atoms with van der Waals surface area (Å²) in [5.41, 5.74) is 0.576. The van der Waals surface area contributed by atoms with Gasteiger partial charge in [-0.3, -0.25) is 9.59 Å². The lowest BCUT2D eigenvalue weighted by atomic mass is 10.0. The van der Waals surface area contributed by atoms with Crippen LogP contribution in [0.1, 0.15) is 26.5 Å². The molecule has 1 fully saturated rings. The highest BCUT2D eigenvalue weighted by Crippen LogP contribution is 2.20. The summed E-state index contributed by atoms with van der Waals surface area (Å²) in [7, 11) is 0. The summed E-state index contributed by atoms with van der Waals surface area (Å²) in [6, 6.07) is 4.69. The second kappa shape index (κ2) is 6.29. The molecule has 1 amide bonds. The van der Waals surface area contributed by atoms with Crippen LogP contribution in [0.5, 0.6) is 0 Å². The molecule has 0 radical (unpaired) electrons. The summed E-state index contributed by atoms with van der Waals surface area (Å²) in [6.07, 6.45) is 3.04. The van der Waals surface area contributed by atoms with E-state index in [1.165, 1.54) is 12.3 Å². The van der Waals surface area contributed by atoms with E-state index in [2.05, 4.69) is 9.97 Å². The van der Waals surface area contributed by atoms with Crippen LogP contribution in [0.2, 0.25) is 5.02 Å². The molecule has 1 aliphatic heterocycles. The summed E-state index contributed by atoms with van der Waals surface area (Å²) >= 11 is 5.99. The van der Waals surface area contributed by atoms with Gasteiger partial charge < -0.3 is 14.6 Å². The Morgan fingerprint density at radius 3 is 2.68 bits per heavy atom.